The van der Waals surface area contributed by atoms with E-state index < -0.39 is 0 Å². The van der Waals surface area contributed by atoms with Gasteiger partial charge in [-0.25, -0.2) is 4.79 Å². The normalized spacial score (nSPS) is 15.7. The lowest BCUT2D eigenvalue weighted by molar-refractivity contribution is -0.119. The molecule has 6 nitrogen and oxygen atoms in total. The Hall–Kier alpha value is -1.79. The van der Waals surface area contributed by atoms with Crippen LogP contribution in [0.1, 0.15) is 32.6 Å². The van der Waals surface area contributed by atoms with E-state index in [9.17, 15) is 9.59 Å². The van der Waals surface area contributed by atoms with Crippen LogP contribution in [0.3, 0.4) is 0 Å². The topological polar surface area (TPSA) is 87.5 Å². The van der Waals surface area contributed by atoms with Crippen molar-refractivity contribution < 1.29 is 9.59 Å². The van der Waals surface area contributed by atoms with Gasteiger partial charge in [0.2, 0.25) is 5.91 Å². The fourth-order valence-corrected chi connectivity index (χ4v) is 2.49. The van der Waals surface area contributed by atoms with E-state index in [-0.39, 0.29) is 30.3 Å². The first-order valence-electron chi connectivity index (χ1n) is 8.27. The van der Waals surface area contributed by atoms with Crippen molar-refractivity contribution in [1.82, 2.24) is 4.90 Å². The van der Waals surface area contributed by atoms with Crippen LogP contribution in [-0.2, 0) is 4.79 Å². The van der Waals surface area contributed by atoms with Crippen LogP contribution in [0.5, 0.6) is 0 Å². The zero-order valence-electron chi connectivity index (χ0n) is 14.1. The molecule has 1 saturated heterocycles. The Bertz CT molecular complexity index is 528. The van der Waals surface area contributed by atoms with E-state index in [1.807, 2.05) is 4.90 Å². The van der Waals surface area contributed by atoms with Crippen molar-refractivity contribution in [1.29, 1.82) is 0 Å². The maximum Gasteiger partial charge on any atom is 0.321 e. The standard InChI is InChI=1S/C17H26N4O2.ClH/c1-13(12-18)16(22)19-14-6-8-15(9-7-14)20-17(23)21-10-4-2-3-5-11-21;/h6-9,13H,2-5,10-12,18H2,1H3,(H,19,22)(H,20,23);1H. The summed E-state index contributed by atoms with van der Waals surface area (Å²) in [6, 6.07) is 7.08. The second kappa shape index (κ2) is 10.2. The van der Waals surface area contributed by atoms with Crippen LogP contribution < -0.4 is 16.4 Å². The number of likely N-dealkylation sites (tertiary alicyclic amines) is 1. The highest BCUT2D eigenvalue weighted by Crippen LogP contribution is 2.16. The van der Waals surface area contributed by atoms with E-state index in [0.29, 0.717) is 12.2 Å². The van der Waals surface area contributed by atoms with Crippen LogP contribution >= 0.6 is 12.4 Å². The molecule has 3 amide bonds. The molecule has 0 spiro atoms. The fourth-order valence-electron chi connectivity index (χ4n) is 2.49. The second-order valence-corrected chi connectivity index (χ2v) is 6.03. The Morgan fingerprint density at radius 2 is 1.54 bits per heavy atom. The molecule has 1 heterocycles. The Kier molecular flexibility index (Phi) is 8.57. The third-order valence-electron chi connectivity index (χ3n) is 4.10. The van der Waals surface area contributed by atoms with Gasteiger partial charge in [-0.3, -0.25) is 4.79 Å². The SMILES string of the molecule is CC(CN)C(=O)Nc1ccc(NC(=O)N2CCCCCC2)cc1.Cl. The highest BCUT2D eigenvalue weighted by atomic mass is 35.5. The number of nitrogens with one attached hydrogen (secondary N) is 2. The molecule has 0 aromatic heterocycles. The van der Waals surface area contributed by atoms with Gasteiger partial charge in [0.15, 0.2) is 0 Å². The summed E-state index contributed by atoms with van der Waals surface area (Å²) >= 11 is 0. The number of halogens is 1. The summed E-state index contributed by atoms with van der Waals surface area (Å²) in [5.41, 5.74) is 6.90. The van der Waals surface area contributed by atoms with E-state index in [2.05, 4.69) is 10.6 Å². The molecule has 2 rings (SSSR count). The molecule has 1 aliphatic heterocycles. The maximum atomic E-state index is 12.2. The second-order valence-electron chi connectivity index (χ2n) is 6.03. The van der Waals surface area contributed by atoms with Crippen molar-refractivity contribution in [3.8, 4) is 0 Å². The summed E-state index contributed by atoms with van der Waals surface area (Å²) in [7, 11) is 0. The van der Waals surface area contributed by atoms with Gasteiger partial charge in [-0.1, -0.05) is 19.8 Å². The van der Waals surface area contributed by atoms with Gasteiger partial charge < -0.3 is 21.3 Å². The number of carbonyl (C=O) groups is 2. The first-order chi connectivity index (χ1) is 11.1. The van der Waals surface area contributed by atoms with Crippen LogP contribution in [0, 0.1) is 5.92 Å². The zero-order valence-corrected chi connectivity index (χ0v) is 14.9. The smallest absolute Gasteiger partial charge is 0.321 e. The molecule has 1 atom stereocenters. The van der Waals surface area contributed by atoms with Gasteiger partial charge >= 0.3 is 6.03 Å². The minimum absolute atomic E-state index is 0. The maximum absolute atomic E-state index is 12.2. The number of rotatable bonds is 4. The quantitative estimate of drug-likeness (QED) is 0.776. The van der Waals surface area contributed by atoms with Gasteiger partial charge in [0, 0.05) is 36.9 Å². The predicted molar refractivity (Wildman–Crippen MR) is 99.6 cm³/mol. The Morgan fingerprint density at radius 1 is 1.04 bits per heavy atom. The lowest BCUT2D eigenvalue weighted by Gasteiger charge is -2.20. The summed E-state index contributed by atoms with van der Waals surface area (Å²) in [5, 5.41) is 5.71. The number of anilines is 2. The van der Waals surface area contributed by atoms with Gasteiger partial charge in [0.25, 0.3) is 0 Å². The number of nitrogens with two attached hydrogens (primary N) is 1. The number of hydrogen-bond donors (Lipinski definition) is 3. The summed E-state index contributed by atoms with van der Waals surface area (Å²) in [5.74, 6) is -0.328. The first-order valence-corrected chi connectivity index (χ1v) is 8.27. The fraction of sp³-hybridized carbons (Fsp3) is 0.529. The lowest BCUT2D eigenvalue weighted by atomic mass is 10.1. The van der Waals surface area contributed by atoms with E-state index in [1.165, 1.54) is 12.8 Å². The van der Waals surface area contributed by atoms with Crippen LogP contribution in [0.4, 0.5) is 16.2 Å². The number of amides is 3. The van der Waals surface area contributed by atoms with E-state index in [4.69, 9.17) is 5.73 Å². The molecule has 4 N–H and O–H groups in total. The summed E-state index contributed by atoms with van der Waals surface area (Å²) in [6.07, 6.45) is 4.52. The number of urea groups is 1. The Labute approximate surface area is 149 Å². The molecule has 7 heteroatoms. The average Bonchev–Trinajstić information content (AvgIpc) is 2.85. The van der Waals surface area contributed by atoms with Crippen molar-refractivity contribution in [2.24, 2.45) is 11.7 Å². The van der Waals surface area contributed by atoms with Crippen molar-refractivity contribution >= 4 is 35.7 Å². The third-order valence-corrected chi connectivity index (χ3v) is 4.10. The summed E-state index contributed by atoms with van der Waals surface area (Å²) in [6.45, 7) is 3.73. The van der Waals surface area contributed by atoms with Crippen LogP contribution in [-0.4, -0.2) is 36.5 Å². The molecule has 1 unspecified atom stereocenters. The van der Waals surface area contributed by atoms with Crippen LogP contribution in [0.15, 0.2) is 24.3 Å². The molecular formula is C17H27ClN4O2. The van der Waals surface area contributed by atoms with Crippen LogP contribution in [0.25, 0.3) is 0 Å². The van der Waals surface area contributed by atoms with E-state index >= 15 is 0 Å². The Morgan fingerprint density at radius 3 is 2.04 bits per heavy atom. The summed E-state index contributed by atoms with van der Waals surface area (Å²) < 4.78 is 0. The van der Waals surface area contributed by atoms with Crippen molar-refractivity contribution in [3.63, 3.8) is 0 Å². The zero-order chi connectivity index (χ0) is 16.7. The largest absolute Gasteiger partial charge is 0.330 e. The number of carbonyl (C=O) groups excluding carboxylic acids is 2. The molecule has 24 heavy (non-hydrogen) atoms. The third kappa shape index (κ3) is 6.02. The molecular weight excluding hydrogens is 328 g/mol. The number of hydrogen-bond acceptors (Lipinski definition) is 3. The summed E-state index contributed by atoms with van der Waals surface area (Å²) in [4.78, 5) is 25.9. The molecule has 1 aliphatic rings. The lowest BCUT2D eigenvalue weighted by Crippen LogP contribution is -2.35. The number of benzene rings is 1. The molecule has 0 saturated carbocycles. The average molecular weight is 355 g/mol. The van der Waals surface area contributed by atoms with Crippen molar-refractivity contribution in [2.75, 3.05) is 30.3 Å². The van der Waals surface area contributed by atoms with Gasteiger partial charge in [-0.05, 0) is 37.1 Å². The monoisotopic (exact) mass is 354 g/mol. The van der Waals surface area contributed by atoms with Crippen molar-refractivity contribution in [3.05, 3.63) is 24.3 Å². The minimum Gasteiger partial charge on any atom is -0.330 e. The van der Waals surface area contributed by atoms with Gasteiger partial charge in [0.1, 0.15) is 0 Å². The van der Waals surface area contributed by atoms with Crippen LogP contribution in [0.2, 0.25) is 0 Å². The highest BCUT2D eigenvalue weighted by molar-refractivity contribution is 5.93. The van der Waals surface area contributed by atoms with E-state index in [1.54, 1.807) is 31.2 Å². The van der Waals surface area contributed by atoms with Gasteiger partial charge in [0.05, 0.1) is 0 Å². The molecule has 1 fully saturated rings. The predicted octanol–water partition coefficient (Wildman–Crippen LogP) is 3.05. The number of nitrogens with zero attached hydrogens (tertiary/aromatic N) is 1. The first kappa shape index (κ1) is 20.3. The van der Waals surface area contributed by atoms with Gasteiger partial charge in [-0.15, -0.1) is 12.4 Å². The van der Waals surface area contributed by atoms with E-state index in [0.717, 1.165) is 31.6 Å². The molecule has 1 aromatic carbocycles. The molecule has 134 valence electrons. The highest BCUT2D eigenvalue weighted by Gasteiger charge is 2.15. The Balaban J connectivity index is 0.00000288. The molecule has 0 aliphatic carbocycles. The molecule has 1 aromatic rings. The molecule has 0 bridgehead atoms. The minimum atomic E-state index is -0.225. The molecule has 0 radical (unpaired) electrons. The van der Waals surface area contributed by atoms with Crippen molar-refractivity contribution in [2.45, 2.75) is 32.6 Å². The van der Waals surface area contributed by atoms with Gasteiger partial charge in [-0.2, -0.15) is 0 Å².